The highest BCUT2D eigenvalue weighted by atomic mass is 31.2. The van der Waals surface area contributed by atoms with Crippen molar-refractivity contribution in [2.24, 2.45) is 0 Å². The third-order valence-electron chi connectivity index (χ3n) is 6.43. The van der Waals surface area contributed by atoms with Crippen LogP contribution in [0.5, 0.6) is 0 Å². The monoisotopic (exact) mass is 434 g/mol. The summed E-state index contributed by atoms with van der Waals surface area (Å²) in [5, 5.41) is 4.24. The largest absolute Gasteiger partial charge is 0.208 e. The van der Waals surface area contributed by atoms with Gasteiger partial charge in [-0.1, -0.05) is 86.6 Å². The van der Waals surface area contributed by atoms with E-state index in [0.29, 0.717) is 0 Å². The average molecular weight is 435 g/mol. The van der Waals surface area contributed by atoms with Crippen molar-refractivity contribution < 1.29 is 0 Å². The number of nitrogens with zero attached hydrogens (tertiary/aromatic N) is 1. The summed E-state index contributed by atoms with van der Waals surface area (Å²) >= 11 is 0. The summed E-state index contributed by atoms with van der Waals surface area (Å²) in [7, 11) is -2.16. The molecule has 0 radical (unpaired) electrons. The first kappa shape index (κ1) is 20.7. The second-order valence-corrected chi connectivity index (χ2v) is 11.3. The zero-order chi connectivity index (χ0) is 22.0. The van der Waals surface area contributed by atoms with E-state index in [1.807, 2.05) is 0 Å². The predicted octanol–water partition coefficient (Wildman–Crippen LogP) is 6.95. The fraction of sp³-hybridized carbons (Fsp3) is 0.133. The highest BCUT2D eigenvalue weighted by Crippen LogP contribution is 2.66. The number of allylic oxidation sites excluding steroid dienone is 2. The van der Waals surface area contributed by atoms with E-state index in [4.69, 9.17) is 0 Å². The molecule has 0 aromatic heterocycles. The minimum Gasteiger partial charge on any atom is -0.207 e. The Bertz CT molecular complexity index is 1190. The van der Waals surface area contributed by atoms with Gasteiger partial charge in [-0.2, -0.15) is 0 Å². The van der Waals surface area contributed by atoms with Crippen molar-refractivity contribution in [2.75, 3.05) is 4.67 Å². The number of hydrogen-bond acceptors (Lipinski definition) is 1. The summed E-state index contributed by atoms with van der Waals surface area (Å²) in [6, 6.07) is 42.5. The van der Waals surface area contributed by atoms with Crippen LogP contribution in [-0.2, 0) is 0 Å². The molecule has 1 aliphatic rings. The molecule has 2 heteroatoms. The van der Waals surface area contributed by atoms with E-state index < -0.39 is 7.41 Å². The van der Waals surface area contributed by atoms with Crippen LogP contribution in [0, 0.1) is 0 Å². The summed E-state index contributed by atoms with van der Waals surface area (Å²) in [5.74, 6) is 0. The zero-order valence-corrected chi connectivity index (χ0v) is 19.7. The van der Waals surface area contributed by atoms with Gasteiger partial charge in [-0.05, 0) is 60.9 Å². The van der Waals surface area contributed by atoms with Crippen LogP contribution in [0.4, 0.5) is 5.69 Å². The number of hydrogen-bond donors (Lipinski definition) is 0. The van der Waals surface area contributed by atoms with Gasteiger partial charge in [0.1, 0.15) is 15.9 Å². The Morgan fingerprint density at radius 1 is 0.562 bits per heavy atom. The third kappa shape index (κ3) is 3.12. The summed E-state index contributed by atoms with van der Waals surface area (Å²) in [5.41, 5.74) is 5.60. The van der Waals surface area contributed by atoms with Crippen LogP contribution < -0.4 is 20.6 Å². The Hall–Kier alpha value is -3.15. The molecule has 0 bridgehead atoms. The molecule has 1 aliphatic heterocycles. The van der Waals surface area contributed by atoms with Crippen LogP contribution in [0.1, 0.15) is 32.3 Å². The van der Waals surface area contributed by atoms with Crippen LogP contribution in [0.2, 0.25) is 0 Å². The van der Waals surface area contributed by atoms with Crippen LogP contribution in [0.3, 0.4) is 0 Å². The van der Waals surface area contributed by atoms with Gasteiger partial charge in [0.15, 0.2) is 0 Å². The van der Waals surface area contributed by atoms with Crippen molar-refractivity contribution in [3.8, 4) is 0 Å². The van der Waals surface area contributed by atoms with Crippen molar-refractivity contribution in [2.45, 2.75) is 26.7 Å². The van der Waals surface area contributed by atoms with Gasteiger partial charge < -0.3 is 0 Å². The quantitative estimate of drug-likeness (QED) is 0.307. The van der Waals surface area contributed by atoms with Gasteiger partial charge in [-0.25, -0.2) is 4.67 Å². The number of rotatable bonds is 5. The lowest BCUT2D eigenvalue weighted by molar-refractivity contribution is 1.03. The molecule has 1 nitrogen and oxygen atoms in total. The van der Waals surface area contributed by atoms with E-state index in [9.17, 15) is 0 Å². The van der Waals surface area contributed by atoms with Crippen LogP contribution in [0.25, 0.3) is 5.57 Å². The maximum atomic E-state index is 2.72. The molecular formula is C30H29NP+. The molecule has 4 aromatic rings. The summed E-state index contributed by atoms with van der Waals surface area (Å²) in [4.78, 5) is 0. The van der Waals surface area contributed by atoms with Crippen LogP contribution in [-0.4, -0.2) is 0 Å². The van der Waals surface area contributed by atoms with Gasteiger partial charge in [0, 0.05) is 5.56 Å². The third-order valence-corrected chi connectivity index (χ3v) is 10.7. The second kappa shape index (κ2) is 8.77. The number of para-hydroxylation sites is 1. The lowest BCUT2D eigenvalue weighted by Crippen LogP contribution is -2.46. The molecule has 0 saturated carbocycles. The molecule has 32 heavy (non-hydrogen) atoms. The lowest BCUT2D eigenvalue weighted by atomic mass is 9.99. The molecule has 0 amide bonds. The first-order valence-corrected chi connectivity index (χ1v) is 13.2. The van der Waals surface area contributed by atoms with Gasteiger partial charge in [0.05, 0.1) is 11.4 Å². The molecule has 0 saturated heterocycles. The molecule has 0 N–H and O–H groups in total. The molecule has 158 valence electrons. The molecule has 0 spiro atoms. The minimum absolute atomic E-state index is 0.994. The normalized spacial score (nSPS) is 14.9. The zero-order valence-electron chi connectivity index (χ0n) is 18.8. The Labute approximate surface area is 192 Å². The minimum atomic E-state index is -2.16. The highest BCUT2D eigenvalue weighted by molar-refractivity contribution is 7.97. The fourth-order valence-corrected chi connectivity index (χ4v) is 9.89. The number of fused-ring (bicyclic) bond motifs is 1. The highest BCUT2D eigenvalue weighted by Gasteiger charge is 2.57. The summed E-state index contributed by atoms with van der Waals surface area (Å²) in [6.45, 7) is 4.60. The van der Waals surface area contributed by atoms with E-state index in [0.717, 1.165) is 12.8 Å². The Balaban J connectivity index is 1.99. The van der Waals surface area contributed by atoms with Gasteiger partial charge in [0.2, 0.25) is 7.41 Å². The maximum Gasteiger partial charge on any atom is 0.208 e. The van der Waals surface area contributed by atoms with Gasteiger partial charge in [-0.15, -0.1) is 0 Å². The first-order valence-electron chi connectivity index (χ1n) is 11.5. The SMILES string of the molecule is CCC1=C(CC)N(c2ccccc2)[P+](c2ccccc2)(c2ccccc2)c2ccccc21. The molecule has 5 rings (SSSR count). The van der Waals surface area contributed by atoms with E-state index in [2.05, 4.69) is 134 Å². The van der Waals surface area contributed by atoms with E-state index in [1.54, 1.807) is 0 Å². The van der Waals surface area contributed by atoms with Crippen molar-refractivity contribution >= 4 is 34.6 Å². The predicted molar refractivity (Wildman–Crippen MR) is 142 cm³/mol. The first-order chi connectivity index (χ1) is 15.8. The molecule has 0 unspecified atom stereocenters. The van der Waals surface area contributed by atoms with Crippen LogP contribution in [0.15, 0.2) is 121 Å². The molecule has 0 aliphatic carbocycles. The van der Waals surface area contributed by atoms with E-state index in [-0.39, 0.29) is 0 Å². The standard InChI is InChI=1S/C30H29NP/c1-3-27-28-22-14-15-23-30(28)32(25-18-10-6-11-19-25,26-20-12-7-13-21-26)31(29(27)4-2)24-16-8-5-9-17-24/h5-23H,3-4H2,1-2H3/q+1. The average Bonchev–Trinajstić information content (AvgIpc) is 2.88. The van der Waals surface area contributed by atoms with Gasteiger partial charge in [0.25, 0.3) is 0 Å². The maximum absolute atomic E-state index is 2.72. The van der Waals surface area contributed by atoms with Crippen molar-refractivity contribution in [3.63, 3.8) is 0 Å². The summed E-state index contributed by atoms with van der Waals surface area (Å²) < 4.78 is 2.72. The van der Waals surface area contributed by atoms with Crippen molar-refractivity contribution in [3.05, 3.63) is 127 Å². The topological polar surface area (TPSA) is 3.24 Å². The molecular weight excluding hydrogens is 405 g/mol. The van der Waals surface area contributed by atoms with Crippen molar-refractivity contribution in [1.82, 2.24) is 0 Å². The van der Waals surface area contributed by atoms with Gasteiger partial charge >= 0.3 is 0 Å². The van der Waals surface area contributed by atoms with E-state index >= 15 is 0 Å². The lowest BCUT2D eigenvalue weighted by Gasteiger charge is -2.44. The van der Waals surface area contributed by atoms with Crippen molar-refractivity contribution in [1.29, 1.82) is 0 Å². The number of anilines is 1. The Kier molecular flexibility index (Phi) is 5.68. The van der Waals surface area contributed by atoms with E-state index in [1.165, 1.54) is 38.4 Å². The Morgan fingerprint density at radius 3 is 1.59 bits per heavy atom. The van der Waals surface area contributed by atoms with Gasteiger partial charge in [-0.3, -0.25) is 0 Å². The molecule has 1 heterocycles. The summed E-state index contributed by atoms with van der Waals surface area (Å²) in [6.07, 6.45) is 2.01. The number of benzene rings is 4. The Morgan fingerprint density at radius 2 is 1.06 bits per heavy atom. The molecule has 0 fully saturated rings. The second-order valence-electron chi connectivity index (χ2n) is 8.10. The molecule has 4 aromatic carbocycles. The molecule has 0 atom stereocenters. The fourth-order valence-electron chi connectivity index (χ4n) is 5.18. The smallest absolute Gasteiger partial charge is 0.207 e. The van der Waals surface area contributed by atoms with Crippen LogP contribution >= 0.6 is 7.41 Å².